The quantitative estimate of drug-likeness (QED) is 0.787. The summed E-state index contributed by atoms with van der Waals surface area (Å²) in [6.07, 6.45) is 2.97. The van der Waals surface area contributed by atoms with E-state index in [1.165, 1.54) is 5.56 Å². The van der Waals surface area contributed by atoms with Crippen LogP contribution in [0.15, 0.2) is 29.5 Å². The third-order valence-corrected chi connectivity index (χ3v) is 4.98. The number of rotatable bonds is 4. The van der Waals surface area contributed by atoms with E-state index in [2.05, 4.69) is 28.3 Å². The molecule has 2 fully saturated rings. The van der Waals surface area contributed by atoms with Crippen LogP contribution in [-0.4, -0.2) is 41.9 Å². The van der Waals surface area contributed by atoms with Crippen LogP contribution >= 0.6 is 11.3 Å². The second-order valence-electron chi connectivity index (χ2n) is 5.55. The summed E-state index contributed by atoms with van der Waals surface area (Å²) in [5.41, 5.74) is 1.37. The molecule has 2 aliphatic heterocycles. The maximum atomic E-state index is 12.4. The molecule has 19 heavy (non-hydrogen) atoms. The fourth-order valence-corrected chi connectivity index (χ4v) is 3.97. The minimum atomic E-state index is 0.215. The maximum Gasteiger partial charge on any atom is 0.227 e. The van der Waals surface area contributed by atoms with Gasteiger partial charge >= 0.3 is 0 Å². The average Bonchev–Trinajstić information content (AvgIpc) is 3.03. The Hall–Kier alpha value is -1.13. The molecule has 0 saturated carbocycles. The molecule has 0 aromatic carbocycles. The predicted octanol–water partition coefficient (Wildman–Crippen LogP) is 2.21. The molecule has 3 rings (SSSR count). The molecule has 2 saturated heterocycles. The second-order valence-corrected chi connectivity index (χ2v) is 6.33. The first-order valence-corrected chi connectivity index (χ1v) is 7.85. The monoisotopic (exact) mass is 276 g/mol. The van der Waals surface area contributed by atoms with Crippen LogP contribution in [0, 0.1) is 11.8 Å². The van der Waals surface area contributed by atoms with Crippen LogP contribution in [0.2, 0.25) is 0 Å². The third kappa shape index (κ3) is 2.60. The first-order valence-electron chi connectivity index (χ1n) is 6.91. The van der Waals surface area contributed by atoms with Gasteiger partial charge in [-0.25, -0.2) is 0 Å². The van der Waals surface area contributed by atoms with Gasteiger partial charge in [0.25, 0.3) is 0 Å². The summed E-state index contributed by atoms with van der Waals surface area (Å²) >= 11 is 1.74. The van der Waals surface area contributed by atoms with E-state index in [-0.39, 0.29) is 5.92 Å². The Kier molecular flexibility index (Phi) is 3.71. The highest BCUT2D eigenvalue weighted by molar-refractivity contribution is 7.07. The maximum absolute atomic E-state index is 12.4. The molecule has 0 N–H and O–H groups in total. The largest absolute Gasteiger partial charge is 0.339 e. The summed E-state index contributed by atoms with van der Waals surface area (Å²) in [5, 5.41) is 4.32. The highest BCUT2D eigenvalue weighted by atomic mass is 32.1. The van der Waals surface area contributed by atoms with Gasteiger partial charge in [0.15, 0.2) is 0 Å². The van der Waals surface area contributed by atoms with E-state index in [9.17, 15) is 4.79 Å². The van der Waals surface area contributed by atoms with E-state index < -0.39 is 0 Å². The van der Waals surface area contributed by atoms with Crippen molar-refractivity contribution in [3.05, 3.63) is 35.0 Å². The predicted molar refractivity (Wildman–Crippen MR) is 78.0 cm³/mol. The Labute approximate surface area is 118 Å². The number of amides is 1. The van der Waals surface area contributed by atoms with Crippen molar-refractivity contribution in [2.75, 3.05) is 26.2 Å². The van der Waals surface area contributed by atoms with Crippen molar-refractivity contribution < 1.29 is 4.79 Å². The van der Waals surface area contributed by atoms with Crippen LogP contribution in [0.3, 0.4) is 0 Å². The van der Waals surface area contributed by atoms with Crippen molar-refractivity contribution in [2.24, 2.45) is 11.8 Å². The number of fused-ring (bicyclic) bond motifs is 1. The lowest BCUT2D eigenvalue weighted by Gasteiger charge is -2.33. The lowest BCUT2D eigenvalue weighted by atomic mass is 9.88. The Morgan fingerprint density at radius 2 is 2.37 bits per heavy atom. The zero-order chi connectivity index (χ0) is 13.2. The van der Waals surface area contributed by atoms with Crippen LogP contribution in [0.5, 0.6) is 0 Å². The van der Waals surface area contributed by atoms with Gasteiger partial charge in [-0.2, -0.15) is 11.3 Å². The average molecular weight is 276 g/mol. The summed E-state index contributed by atoms with van der Waals surface area (Å²) in [6.45, 7) is 8.33. The van der Waals surface area contributed by atoms with E-state index >= 15 is 0 Å². The van der Waals surface area contributed by atoms with Gasteiger partial charge in [0, 0.05) is 32.7 Å². The Balaban J connectivity index is 1.63. The van der Waals surface area contributed by atoms with E-state index in [0.717, 1.165) is 32.6 Å². The molecule has 1 aromatic heterocycles. The molecule has 0 bridgehead atoms. The summed E-state index contributed by atoms with van der Waals surface area (Å²) in [7, 11) is 0. The van der Waals surface area contributed by atoms with Gasteiger partial charge in [0.2, 0.25) is 5.91 Å². The lowest BCUT2D eigenvalue weighted by molar-refractivity contribution is -0.138. The molecule has 0 radical (unpaired) electrons. The van der Waals surface area contributed by atoms with Crippen molar-refractivity contribution in [1.29, 1.82) is 0 Å². The fourth-order valence-electron chi connectivity index (χ4n) is 3.31. The zero-order valence-corrected chi connectivity index (χ0v) is 11.9. The van der Waals surface area contributed by atoms with Crippen molar-refractivity contribution in [3.63, 3.8) is 0 Å². The minimum absolute atomic E-state index is 0.215. The molecule has 2 atom stereocenters. The number of hydrogen-bond acceptors (Lipinski definition) is 3. The van der Waals surface area contributed by atoms with Crippen LogP contribution in [0.4, 0.5) is 0 Å². The molecule has 0 unspecified atom stereocenters. The van der Waals surface area contributed by atoms with Crippen molar-refractivity contribution in [3.8, 4) is 0 Å². The SMILES string of the molecule is C=CCN1CC[C@H]2CN(Cc3ccsc3)C[C@H]2C1=O. The van der Waals surface area contributed by atoms with Gasteiger partial charge in [0.1, 0.15) is 0 Å². The number of nitrogens with zero attached hydrogens (tertiary/aromatic N) is 2. The highest BCUT2D eigenvalue weighted by Crippen LogP contribution is 2.32. The Bertz CT molecular complexity index is 457. The van der Waals surface area contributed by atoms with Gasteiger partial charge in [0.05, 0.1) is 5.92 Å². The van der Waals surface area contributed by atoms with Crippen molar-refractivity contribution in [2.45, 2.75) is 13.0 Å². The zero-order valence-electron chi connectivity index (χ0n) is 11.1. The summed E-state index contributed by atoms with van der Waals surface area (Å²) < 4.78 is 0. The van der Waals surface area contributed by atoms with E-state index in [4.69, 9.17) is 0 Å². The molecule has 1 amide bonds. The van der Waals surface area contributed by atoms with Crippen LogP contribution in [-0.2, 0) is 11.3 Å². The molecule has 0 aliphatic carbocycles. The summed E-state index contributed by atoms with van der Waals surface area (Å²) in [5.74, 6) is 1.11. The number of thiophene rings is 1. The van der Waals surface area contributed by atoms with Gasteiger partial charge in [-0.3, -0.25) is 9.69 Å². The summed E-state index contributed by atoms with van der Waals surface area (Å²) in [4.78, 5) is 16.8. The fraction of sp³-hybridized carbons (Fsp3) is 0.533. The first-order chi connectivity index (χ1) is 9.28. The molecular weight excluding hydrogens is 256 g/mol. The van der Waals surface area contributed by atoms with Crippen LogP contribution in [0.1, 0.15) is 12.0 Å². The molecule has 4 heteroatoms. The standard InChI is InChI=1S/C15H20N2OS/c1-2-5-17-6-3-13-9-16(10-14(13)15(17)18)8-12-4-7-19-11-12/h2,4,7,11,13-14H,1,3,5-6,8-10H2/t13-,14+/m0/s1. The number of carbonyl (C=O) groups excluding carboxylic acids is 1. The van der Waals surface area contributed by atoms with Gasteiger partial charge in [-0.05, 0) is 34.7 Å². The minimum Gasteiger partial charge on any atom is -0.339 e. The molecule has 3 heterocycles. The molecule has 3 nitrogen and oxygen atoms in total. The van der Waals surface area contributed by atoms with Crippen molar-refractivity contribution in [1.82, 2.24) is 9.80 Å². The number of piperidine rings is 1. The normalized spacial score (nSPS) is 27.6. The molecular formula is C15H20N2OS. The second kappa shape index (κ2) is 5.47. The smallest absolute Gasteiger partial charge is 0.227 e. The highest BCUT2D eigenvalue weighted by Gasteiger charge is 2.42. The number of likely N-dealkylation sites (tertiary alicyclic amines) is 2. The van der Waals surface area contributed by atoms with E-state index in [0.29, 0.717) is 18.4 Å². The van der Waals surface area contributed by atoms with Gasteiger partial charge in [-0.1, -0.05) is 6.08 Å². The molecule has 1 aromatic rings. The topological polar surface area (TPSA) is 23.6 Å². The van der Waals surface area contributed by atoms with E-state index in [1.54, 1.807) is 11.3 Å². The first kappa shape index (κ1) is 12.9. The summed E-state index contributed by atoms with van der Waals surface area (Å²) in [6, 6.07) is 2.18. The third-order valence-electron chi connectivity index (χ3n) is 4.25. The van der Waals surface area contributed by atoms with Gasteiger partial charge < -0.3 is 4.90 Å². The Morgan fingerprint density at radius 1 is 1.47 bits per heavy atom. The van der Waals surface area contributed by atoms with E-state index in [1.807, 2.05) is 11.0 Å². The van der Waals surface area contributed by atoms with Crippen LogP contribution < -0.4 is 0 Å². The number of hydrogen-bond donors (Lipinski definition) is 0. The lowest BCUT2D eigenvalue weighted by Crippen LogP contribution is -2.45. The van der Waals surface area contributed by atoms with Gasteiger partial charge in [-0.15, -0.1) is 6.58 Å². The van der Waals surface area contributed by atoms with Crippen molar-refractivity contribution >= 4 is 17.2 Å². The molecule has 0 spiro atoms. The molecule has 102 valence electrons. The van der Waals surface area contributed by atoms with Crippen LogP contribution in [0.25, 0.3) is 0 Å². The Morgan fingerprint density at radius 3 is 3.11 bits per heavy atom. The molecule has 2 aliphatic rings. The number of carbonyl (C=O) groups is 1.